The molecule has 0 bridgehead atoms. The lowest BCUT2D eigenvalue weighted by Crippen LogP contribution is -2.18. The molecule has 28 heavy (non-hydrogen) atoms. The Morgan fingerprint density at radius 1 is 1.14 bits per heavy atom. The van der Waals surface area contributed by atoms with E-state index in [9.17, 15) is 9.59 Å². The molecule has 2 heterocycles. The minimum atomic E-state index is -0.549. The van der Waals surface area contributed by atoms with E-state index in [2.05, 4.69) is 5.32 Å². The molecule has 0 aliphatic carbocycles. The SMILES string of the molecule is N=C1NC(=O)C(=Cc2ccc(OC(=O)c3sc4cc(Cl)ccc4c3Cl)cc2)S1. The molecule has 9 heteroatoms. The lowest BCUT2D eigenvalue weighted by Gasteiger charge is -2.04. The summed E-state index contributed by atoms with van der Waals surface area (Å²) in [5, 5.41) is 11.6. The molecule has 1 aromatic heterocycles. The largest absolute Gasteiger partial charge is 0.422 e. The summed E-state index contributed by atoms with van der Waals surface area (Å²) in [7, 11) is 0. The van der Waals surface area contributed by atoms with Gasteiger partial charge in [-0.3, -0.25) is 10.2 Å². The second-order valence-corrected chi connectivity index (χ2v) is 8.66. The number of nitrogens with one attached hydrogen (secondary N) is 2. The maximum Gasteiger partial charge on any atom is 0.355 e. The van der Waals surface area contributed by atoms with Gasteiger partial charge in [-0.05, 0) is 47.7 Å². The molecule has 1 aliphatic heterocycles. The molecule has 0 saturated carbocycles. The smallest absolute Gasteiger partial charge is 0.355 e. The van der Waals surface area contributed by atoms with Crippen LogP contribution in [0.5, 0.6) is 5.75 Å². The van der Waals surface area contributed by atoms with E-state index in [-0.39, 0.29) is 11.1 Å². The van der Waals surface area contributed by atoms with E-state index < -0.39 is 5.97 Å². The van der Waals surface area contributed by atoms with Crippen molar-refractivity contribution >= 4 is 79.5 Å². The summed E-state index contributed by atoms with van der Waals surface area (Å²) in [4.78, 5) is 24.9. The van der Waals surface area contributed by atoms with Gasteiger partial charge >= 0.3 is 5.97 Å². The number of amidine groups is 1. The fourth-order valence-electron chi connectivity index (χ4n) is 2.55. The van der Waals surface area contributed by atoms with Gasteiger partial charge in [0.2, 0.25) is 0 Å². The Bertz CT molecular complexity index is 1170. The van der Waals surface area contributed by atoms with Crippen LogP contribution >= 0.6 is 46.3 Å². The van der Waals surface area contributed by atoms with E-state index in [1.165, 1.54) is 11.3 Å². The van der Waals surface area contributed by atoms with Gasteiger partial charge in [-0.2, -0.15) is 0 Å². The van der Waals surface area contributed by atoms with Crippen LogP contribution in [0, 0.1) is 5.41 Å². The molecular weight excluding hydrogens is 439 g/mol. The van der Waals surface area contributed by atoms with Crippen molar-refractivity contribution in [3.05, 3.63) is 67.9 Å². The van der Waals surface area contributed by atoms with Crippen LogP contribution in [0.1, 0.15) is 15.2 Å². The van der Waals surface area contributed by atoms with Crippen molar-refractivity contribution in [3.63, 3.8) is 0 Å². The second-order valence-electron chi connectivity index (χ2n) is 5.74. The van der Waals surface area contributed by atoms with E-state index in [1.807, 2.05) is 0 Å². The van der Waals surface area contributed by atoms with Gasteiger partial charge in [0.1, 0.15) is 10.6 Å². The van der Waals surface area contributed by atoms with Gasteiger partial charge in [0.15, 0.2) is 5.17 Å². The summed E-state index contributed by atoms with van der Waals surface area (Å²) in [6.07, 6.45) is 1.67. The van der Waals surface area contributed by atoms with Crippen LogP contribution in [0.15, 0.2) is 47.4 Å². The van der Waals surface area contributed by atoms with E-state index in [0.29, 0.717) is 25.6 Å². The predicted molar refractivity (Wildman–Crippen MR) is 115 cm³/mol. The number of rotatable bonds is 3. The number of benzene rings is 2. The highest BCUT2D eigenvalue weighted by Crippen LogP contribution is 2.37. The first-order valence-corrected chi connectivity index (χ1v) is 10.3. The Morgan fingerprint density at radius 2 is 1.89 bits per heavy atom. The third kappa shape index (κ3) is 3.79. The number of ether oxygens (including phenoxy) is 1. The third-order valence-electron chi connectivity index (χ3n) is 3.83. The second kappa shape index (κ2) is 7.60. The lowest BCUT2D eigenvalue weighted by atomic mass is 10.2. The maximum atomic E-state index is 12.5. The molecule has 1 aliphatic rings. The van der Waals surface area contributed by atoms with E-state index >= 15 is 0 Å². The van der Waals surface area contributed by atoms with Crippen molar-refractivity contribution in [2.24, 2.45) is 0 Å². The van der Waals surface area contributed by atoms with Crippen LogP contribution in [0.25, 0.3) is 16.2 Å². The molecule has 140 valence electrons. The van der Waals surface area contributed by atoms with Gasteiger partial charge in [-0.15, -0.1) is 11.3 Å². The van der Waals surface area contributed by atoms with Crippen molar-refractivity contribution in [1.29, 1.82) is 5.41 Å². The summed E-state index contributed by atoms with van der Waals surface area (Å²) >= 11 is 14.6. The Morgan fingerprint density at radius 3 is 2.57 bits per heavy atom. The number of esters is 1. The maximum absolute atomic E-state index is 12.5. The zero-order chi connectivity index (χ0) is 19.8. The molecule has 0 unspecified atom stereocenters. The van der Waals surface area contributed by atoms with E-state index in [1.54, 1.807) is 48.5 Å². The van der Waals surface area contributed by atoms with Crippen LogP contribution in [0.3, 0.4) is 0 Å². The molecule has 1 fully saturated rings. The average molecular weight is 449 g/mol. The number of carbonyl (C=O) groups is 2. The molecule has 1 amide bonds. The molecule has 1 saturated heterocycles. The highest BCUT2D eigenvalue weighted by molar-refractivity contribution is 8.18. The minimum absolute atomic E-state index is 0.100. The predicted octanol–water partition coefficient (Wildman–Crippen LogP) is 5.57. The van der Waals surface area contributed by atoms with Crippen molar-refractivity contribution in [3.8, 4) is 5.75 Å². The highest BCUT2D eigenvalue weighted by Gasteiger charge is 2.22. The number of thiophene rings is 1. The molecule has 4 rings (SSSR count). The van der Waals surface area contributed by atoms with Crippen molar-refractivity contribution < 1.29 is 14.3 Å². The number of amides is 1. The van der Waals surface area contributed by atoms with Crippen LogP contribution in [-0.4, -0.2) is 17.0 Å². The number of hydrogen-bond acceptors (Lipinski definition) is 6. The summed E-state index contributed by atoms with van der Waals surface area (Å²) in [6, 6.07) is 11.9. The first-order chi connectivity index (χ1) is 13.4. The fraction of sp³-hybridized carbons (Fsp3) is 0. The molecule has 3 aromatic rings. The number of thioether (sulfide) groups is 1. The highest BCUT2D eigenvalue weighted by atomic mass is 35.5. The van der Waals surface area contributed by atoms with Crippen molar-refractivity contribution in [1.82, 2.24) is 5.32 Å². The molecule has 2 N–H and O–H groups in total. The summed E-state index contributed by atoms with van der Waals surface area (Å²) in [5.74, 6) is -0.493. The quantitative estimate of drug-likeness (QED) is 0.312. The van der Waals surface area contributed by atoms with E-state index in [0.717, 1.165) is 27.4 Å². The topological polar surface area (TPSA) is 79.2 Å². The van der Waals surface area contributed by atoms with Crippen molar-refractivity contribution in [2.75, 3.05) is 0 Å². The van der Waals surface area contributed by atoms with Crippen LogP contribution in [0.2, 0.25) is 10.0 Å². The zero-order valence-corrected chi connectivity index (χ0v) is 17.1. The van der Waals surface area contributed by atoms with Crippen LogP contribution in [0.4, 0.5) is 0 Å². The average Bonchev–Trinajstić information content (AvgIpc) is 3.15. The molecule has 0 radical (unpaired) electrons. The Balaban J connectivity index is 1.52. The minimum Gasteiger partial charge on any atom is -0.422 e. The van der Waals surface area contributed by atoms with Gasteiger partial charge in [0.25, 0.3) is 5.91 Å². The number of carbonyl (C=O) groups excluding carboxylic acids is 2. The van der Waals surface area contributed by atoms with E-state index in [4.69, 9.17) is 33.3 Å². The monoisotopic (exact) mass is 448 g/mol. The number of hydrogen-bond donors (Lipinski definition) is 2. The van der Waals surface area contributed by atoms with Crippen LogP contribution < -0.4 is 10.1 Å². The first kappa shape index (κ1) is 19.0. The summed E-state index contributed by atoms with van der Waals surface area (Å²) in [6.45, 7) is 0. The molecule has 0 spiro atoms. The first-order valence-electron chi connectivity index (χ1n) is 7.90. The molecule has 2 aromatic carbocycles. The zero-order valence-electron chi connectivity index (χ0n) is 13.9. The number of fused-ring (bicyclic) bond motifs is 1. The van der Waals surface area contributed by atoms with Gasteiger partial charge < -0.3 is 10.1 Å². The fourth-order valence-corrected chi connectivity index (χ4v) is 4.91. The molecule has 5 nitrogen and oxygen atoms in total. The Hall–Kier alpha value is -2.32. The van der Waals surface area contributed by atoms with Crippen molar-refractivity contribution in [2.45, 2.75) is 0 Å². The Kier molecular flexibility index (Phi) is 5.16. The van der Waals surface area contributed by atoms with Gasteiger partial charge in [0.05, 0.1) is 9.93 Å². The number of halogens is 2. The molecule has 0 atom stereocenters. The normalized spacial score (nSPS) is 15.3. The summed E-state index contributed by atoms with van der Waals surface area (Å²) in [5.41, 5.74) is 0.752. The van der Waals surface area contributed by atoms with Gasteiger partial charge in [-0.1, -0.05) is 41.4 Å². The Labute approximate surface area is 177 Å². The lowest BCUT2D eigenvalue weighted by molar-refractivity contribution is -0.115. The third-order valence-corrected chi connectivity index (χ3v) is 6.53. The summed E-state index contributed by atoms with van der Waals surface area (Å²) < 4.78 is 6.23. The standard InChI is InChI=1S/C19H10Cl2N2O3S2/c20-10-3-6-12-13(8-10)27-16(15(12)21)18(25)26-11-4-1-9(2-5-11)7-14-17(24)23-19(22)28-14/h1-8H,(H2,22,23,24). The van der Waals surface area contributed by atoms with Gasteiger partial charge in [0, 0.05) is 15.1 Å². The van der Waals surface area contributed by atoms with Crippen LogP contribution in [-0.2, 0) is 4.79 Å². The molecular formula is C19H10Cl2N2O3S2. The van der Waals surface area contributed by atoms with Gasteiger partial charge in [-0.25, -0.2) is 4.79 Å².